The van der Waals surface area contributed by atoms with Crippen molar-refractivity contribution in [3.63, 3.8) is 0 Å². The van der Waals surface area contributed by atoms with Gasteiger partial charge in [0.2, 0.25) is 11.0 Å². The van der Waals surface area contributed by atoms with Gasteiger partial charge in [-0.15, -0.1) is 10.2 Å². The molecule has 30 heavy (non-hydrogen) atoms. The number of hydrogen-bond acceptors (Lipinski definition) is 8. The third-order valence-electron chi connectivity index (χ3n) is 4.55. The molecule has 0 bridgehead atoms. The van der Waals surface area contributed by atoms with Crippen molar-refractivity contribution in [3.8, 4) is 28.6 Å². The van der Waals surface area contributed by atoms with E-state index in [0.717, 1.165) is 33.5 Å². The summed E-state index contributed by atoms with van der Waals surface area (Å²) < 4.78 is 18.0. The van der Waals surface area contributed by atoms with Crippen LogP contribution in [-0.2, 0) is 0 Å². The predicted molar refractivity (Wildman–Crippen MR) is 121 cm³/mol. The molecule has 156 valence electrons. The minimum Gasteiger partial charge on any atom is -0.493 e. The van der Waals surface area contributed by atoms with Crippen LogP contribution in [0.5, 0.6) is 17.4 Å². The molecule has 9 heteroatoms. The maximum Gasteiger partial charge on any atom is 0.247 e. The van der Waals surface area contributed by atoms with Crippen LogP contribution in [0.2, 0.25) is 0 Å². The Morgan fingerprint density at radius 2 is 1.90 bits per heavy atom. The second kappa shape index (κ2) is 9.09. The molecule has 1 aliphatic rings. The lowest BCUT2D eigenvalue weighted by Gasteiger charge is -2.22. The summed E-state index contributed by atoms with van der Waals surface area (Å²) in [5, 5.41) is 12.8. The van der Waals surface area contributed by atoms with E-state index in [0.29, 0.717) is 28.2 Å². The number of nitrogens with zero attached hydrogens (tertiary/aromatic N) is 3. The monoisotopic (exact) mass is 488 g/mol. The molecular weight excluding hydrogens is 468 g/mol. The maximum atomic E-state index is 6.34. The second-order valence-corrected chi connectivity index (χ2v) is 8.43. The lowest BCUT2D eigenvalue weighted by Crippen LogP contribution is -2.18. The Morgan fingerprint density at radius 1 is 1.13 bits per heavy atom. The number of para-hydroxylation sites is 1. The second-order valence-electron chi connectivity index (χ2n) is 6.51. The molecular formula is C21H21BrN4O3S. The van der Waals surface area contributed by atoms with Crippen LogP contribution in [0.3, 0.4) is 0 Å². The molecule has 1 aromatic heterocycles. The number of benzene rings is 2. The molecule has 0 radical (unpaired) electrons. The number of rotatable bonds is 6. The zero-order valence-corrected chi connectivity index (χ0v) is 19.2. The van der Waals surface area contributed by atoms with E-state index in [1.807, 2.05) is 36.4 Å². The standard InChI is InChI=1S/C21H21BrN4O3S/c1-4-9-30-21-24-20-18(25-26-21)12-7-5-6-8-15(12)23-19(29-20)13-10-16(27-2)17(28-3)11-14(13)22/h5-8,10-11,19,23H,4,9H2,1-3H3/t19-/m1/s1. The van der Waals surface area contributed by atoms with Gasteiger partial charge in [-0.2, -0.15) is 4.98 Å². The van der Waals surface area contributed by atoms with E-state index in [2.05, 4.69) is 43.4 Å². The molecule has 1 N–H and O–H groups in total. The molecule has 0 unspecified atom stereocenters. The summed E-state index contributed by atoms with van der Waals surface area (Å²) in [6.45, 7) is 2.12. The van der Waals surface area contributed by atoms with Crippen LogP contribution in [0.15, 0.2) is 46.0 Å². The van der Waals surface area contributed by atoms with Crippen molar-refractivity contribution in [3.05, 3.63) is 46.4 Å². The summed E-state index contributed by atoms with van der Waals surface area (Å²) >= 11 is 5.19. The third-order valence-corrected chi connectivity index (χ3v) is 6.28. The molecule has 1 atom stereocenters. The molecule has 0 amide bonds. The molecule has 2 aromatic carbocycles. The normalized spacial score (nSPS) is 14.6. The van der Waals surface area contributed by atoms with Crippen LogP contribution in [0.25, 0.3) is 11.3 Å². The Balaban J connectivity index is 1.81. The lowest BCUT2D eigenvalue weighted by atomic mass is 10.1. The van der Waals surface area contributed by atoms with E-state index in [9.17, 15) is 0 Å². The number of methoxy groups -OCH3 is 2. The van der Waals surface area contributed by atoms with Gasteiger partial charge in [0, 0.05) is 27.0 Å². The largest absolute Gasteiger partial charge is 0.493 e. The van der Waals surface area contributed by atoms with E-state index in [1.54, 1.807) is 26.0 Å². The van der Waals surface area contributed by atoms with E-state index >= 15 is 0 Å². The SMILES string of the molecule is CCCSc1nnc2c(n1)O[C@H](c1cc(OC)c(OC)cc1Br)Nc1ccccc1-2. The molecule has 0 saturated carbocycles. The zero-order chi connectivity index (χ0) is 21.1. The van der Waals surface area contributed by atoms with E-state index in [1.165, 1.54) is 0 Å². The van der Waals surface area contributed by atoms with Crippen LogP contribution < -0.4 is 19.5 Å². The number of thioether (sulfide) groups is 1. The van der Waals surface area contributed by atoms with Gasteiger partial charge < -0.3 is 19.5 Å². The van der Waals surface area contributed by atoms with Gasteiger partial charge in [0.05, 0.1) is 14.2 Å². The van der Waals surface area contributed by atoms with Crippen molar-refractivity contribution in [2.45, 2.75) is 24.7 Å². The van der Waals surface area contributed by atoms with Crippen molar-refractivity contribution in [1.29, 1.82) is 0 Å². The smallest absolute Gasteiger partial charge is 0.247 e. The topological polar surface area (TPSA) is 78.4 Å². The van der Waals surface area contributed by atoms with Gasteiger partial charge in [0.1, 0.15) is 0 Å². The molecule has 0 saturated heterocycles. The van der Waals surface area contributed by atoms with Crippen LogP contribution in [0.4, 0.5) is 5.69 Å². The highest BCUT2D eigenvalue weighted by Crippen LogP contribution is 2.43. The minimum atomic E-state index is -0.526. The number of hydrogen-bond donors (Lipinski definition) is 1. The van der Waals surface area contributed by atoms with Crippen molar-refractivity contribution in [2.75, 3.05) is 25.3 Å². The molecule has 0 spiro atoms. The Labute approximate surface area is 187 Å². The summed E-state index contributed by atoms with van der Waals surface area (Å²) in [7, 11) is 3.21. The van der Waals surface area contributed by atoms with Gasteiger partial charge in [-0.1, -0.05) is 52.8 Å². The highest BCUT2D eigenvalue weighted by atomic mass is 79.9. The third kappa shape index (κ3) is 4.04. The van der Waals surface area contributed by atoms with Crippen molar-refractivity contribution in [1.82, 2.24) is 15.2 Å². The molecule has 7 nitrogen and oxygen atoms in total. The summed E-state index contributed by atoms with van der Waals surface area (Å²) in [5.74, 6) is 2.59. The zero-order valence-electron chi connectivity index (χ0n) is 16.8. The van der Waals surface area contributed by atoms with Crippen molar-refractivity contribution in [2.24, 2.45) is 0 Å². The van der Waals surface area contributed by atoms with Gasteiger partial charge in [-0.05, 0) is 24.6 Å². The number of nitrogens with one attached hydrogen (secondary N) is 1. The molecule has 3 aromatic rings. The summed E-state index contributed by atoms with van der Waals surface area (Å²) in [4.78, 5) is 4.65. The number of ether oxygens (including phenoxy) is 3. The van der Waals surface area contributed by atoms with E-state index in [-0.39, 0.29) is 0 Å². The molecule has 4 rings (SSSR count). The summed E-state index contributed by atoms with van der Waals surface area (Å²) in [5.41, 5.74) is 3.22. The fourth-order valence-electron chi connectivity index (χ4n) is 3.11. The van der Waals surface area contributed by atoms with Gasteiger partial charge >= 0.3 is 0 Å². The minimum absolute atomic E-state index is 0.438. The average molecular weight is 489 g/mol. The highest BCUT2D eigenvalue weighted by Gasteiger charge is 2.28. The molecule has 0 aliphatic carbocycles. The molecule has 1 aliphatic heterocycles. The first-order valence-corrected chi connectivity index (χ1v) is 11.2. The Bertz CT molecular complexity index is 1070. The maximum absolute atomic E-state index is 6.34. The Kier molecular flexibility index (Phi) is 6.29. The average Bonchev–Trinajstić information content (AvgIpc) is 2.93. The van der Waals surface area contributed by atoms with Crippen LogP contribution in [0.1, 0.15) is 25.1 Å². The van der Waals surface area contributed by atoms with Gasteiger partial charge in [-0.25, -0.2) is 0 Å². The first kappa shape index (κ1) is 20.7. The molecule has 2 heterocycles. The summed E-state index contributed by atoms with van der Waals surface area (Å²) in [6, 6.07) is 11.6. The van der Waals surface area contributed by atoms with Gasteiger partial charge in [0.25, 0.3) is 0 Å². The Morgan fingerprint density at radius 3 is 2.67 bits per heavy atom. The number of halogens is 1. The first-order chi connectivity index (χ1) is 14.6. The van der Waals surface area contributed by atoms with E-state index in [4.69, 9.17) is 14.2 Å². The highest BCUT2D eigenvalue weighted by molar-refractivity contribution is 9.10. The van der Waals surface area contributed by atoms with Crippen LogP contribution in [0, 0.1) is 0 Å². The van der Waals surface area contributed by atoms with E-state index < -0.39 is 6.23 Å². The van der Waals surface area contributed by atoms with Gasteiger partial charge in [0.15, 0.2) is 23.4 Å². The lowest BCUT2D eigenvalue weighted by molar-refractivity contribution is 0.223. The fourth-order valence-corrected chi connectivity index (χ4v) is 4.28. The Hall–Kier alpha value is -2.52. The quantitative estimate of drug-likeness (QED) is 0.466. The number of anilines is 1. The van der Waals surface area contributed by atoms with Crippen molar-refractivity contribution >= 4 is 33.4 Å². The van der Waals surface area contributed by atoms with Gasteiger partial charge in [-0.3, -0.25) is 0 Å². The van der Waals surface area contributed by atoms with Crippen LogP contribution in [-0.4, -0.2) is 35.2 Å². The molecule has 0 fully saturated rings. The fraction of sp³-hybridized carbons (Fsp3) is 0.286. The van der Waals surface area contributed by atoms with Crippen LogP contribution >= 0.6 is 27.7 Å². The number of fused-ring (bicyclic) bond motifs is 3. The summed E-state index contributed by atoms with van der Waals surface area (Å²) in [6.07, 6.45) is 0.500. The number of aromatic nitrogens is 3. The first-order valence-electron chi connectivity index (χ1n) is 9.46. The van der Waals surface area contributed by atoms with Crippen molar-refractivity contribution < 1.29 is 14.2 Å². The predicted octanol–water partition coefficient (Wildman–Crippen LogP) is 5.32.